The first-order valence-corrected chi connectivity index (χ1v) is 9.49. The lowest BCUT2D eigenvalue weighted by Gasteiger charge is -2.36. The summed E-state index contributed by atoms with van der Waals surface area (Å²) in [5.41, 5.74) is 2.16. The molecule has 150 valence electrons. The molecule has 0 radical (unpaired) electrons. The number of para-hydroxylation sites is 2. The van der Waals surface area contributed by atoms with E-state index in [1.54, 1.807) is 31.4 Å². The van der Waals surface area contributed by atoms with Crippen molar-refractivity contribution in [1.82, 2.24) is 9.88 Å². The zero-order chi connectivity index (χ0) is 20.4. The minimum atomic E-state index is -0.504. The summed E-state index contributed by atoms with van der Waals surface area (Å²) in [6.45, 7) is 2.24. The van der Waals surface area contributed by atoms with Gasteiger partial charge in [-0.1, -0.05) is 12.1 Å². The third kappa shape index (κ3) is 3.51. The lowest BCUT2D eigenvalue weighted by molar-refractivity contribution is -0.126. The number of anilines is 1. The van der Waals surface area contributed by atoms with Crippen LogP contribution in [0.1, 0.15) is 10.4 Å². The van der Waals surface area contributed by atoms with Crippen LogP contribution in [0.3, 0.4) is 0 Å². The first-order valence-electron chi connectivity index (χ1n) is 9.49. The Hall–Kier alpha value is -3.48. The highest BCUT2D eigenvalue weighted by Crippen LogP contribution is 2.29. The molecule has 1 aliphatic heterocycles. The summed E-state index contributed by atoms with van der Waals surface area (Å²) in [5, 5.41) is 0.690. The van der Waals surface area contributed by atoms with Gasteiger partial charge in [0, 0.05) is 43.3 Å². The second kappa shape index (κ2) is 7.87. The zero-order valence-corrected chi connectivity index (χ0v) is 16.5. The molecule has 3 aromatic rings. The number of ketones is 1. The van der Waals surface area contributed by atoms with E-state index < -0.39 is 11.7 Å². The lowest BCUT2D eigenvalue weighted by atomic mass is 10.1. The van der Waals surface area contributed by atoms with Crippen LogP contribution in [-0.2, 0) is 4.79 Å². The molecule has 1 N–H and O–H groups in total. The van der Waals surface area contributed by atoms with Gasteiger partial charge < -0.3 is 24.3 Å². The molecule has 1 saturated heterocycles. The van der Waals surface area contributed by atoms with E-state index in [0.29, 0.717) is 42.9 Å². The molecule has 1 amide bonds. The van der Waals surface area contributed by atoms with Crippen LogP contribution in [0.15, 0.2) is 48.7 Å². The number of carbonyl (C=O) groups is 2. The van der Waals surface area contributed by atoms with E-state index in [1.807, 2.05) is 36.4 Å². The van der Waals surface area contributed by atoms with Crippen LogP contribution in [-0.4, -0.2) is 62.0 Å². The number of carbonyl (C=O) groups excluding carboxylic acids is 2. The number of piperazine rings is 1. The van der Waals surface area contributed by atoms with E-state index in [-0.39, 0.29) is 0 Å². The van der Waals surface area contributed by atoms with Gasteiger partial charge in [-0.25, -0.2) is 0 Å². The molecule has 0 atom stereocenters. The smallest absolute Gasteiger partial charge is 0.295 e. The summed E-state index contributed by atoms with van der Waals surface area (Å²) in [4.78, 5) is 32.6. The van der Waals surface area contributed by atoms with Gasteiger partial charge in [0.2, 0.25) is 0 Å². The molecule has 1 fully saturated rings. The Morgan fingerprint density at radius 2 is 1.72 bits per heavy atom. The Labute approximate surface area is 168 Å². The number of methoxy groups -OCH3 is 2. The van der Waals surface area contributed by atoms with Gasteiger partial charge in [-0.2, -0.15) is 0 Å². The standard InChI is InChI=1S/C22H23N3O4/c1-28-15-7-8-18-16(13-15)17(14-23-18)21(26)22(27)25-11-9-24(10-12-25)19-5-3-4-6-20(19)29-2/h3-8,13-14,23H,9-12H2,1-2H3. The van der Waals surface area contributed by atoms with Crippen molar-refractivity contribution in [3.63, 3.8) is 0 Å². The van der Waals surface area contributed by atoms with Gasteiger partial charge in [0.15, 0.2) is 0 Å². The summed E-state index contributed by atoms with van der Waals surface area (Å²) in [6, 6.07) is 13.2. The Balaban J connectivity index is 1.48. The monoisotopic (exact) mass is 393 g/mol. The van der Waals surface area contributed by atoms with Gasteiger partial charge in [-0.15, -0.1) is 0 Å². The average molecular weight is 393 g/mol. The highest BCUT2D eigenvalue weighted by atomic mass is 16.5. The van der Waals surface area contributed by atoms with Crippen LogP contribution in [0, 0.1) is 0 Å². The molecule has 7 heteroatoms. The molecule has 1 aromatic heterocycles. The topological polar surface area (TPSA) is 74.9 Å². The van der Waals surface area contributed by atoms with Crippen LogP contribution in [0.2, 0.25) is 0 Å². The van der Waals surface area contributed by atoms with Gasteiger partial charge in [-0.3, -0.25) is 9.59 Å². The third-order valence-electron chi connectivity index (χ3n) is 5.32. The number of rotatable bonds is 5. The minimum absolute atomic E-state index is 0.371. The van der Waals surface area contributed by atoms with Gasteiger partial charge in [0.1, 0.15) is 11.5 Å². The van der Waals surface area contributed by atoms with Crippen molar-refractivity contribution in [2.45, 2.75) is 0 Å². The number of nitrogens with zero attached hydrogens (tertiary/aromatic N) is 2. The van der Waals surface area contributed by atoms with Crippen LogP contribution in [0.4, 0.5) is 5.69 Å². The maximum absolute atomic E-state index is 12.9. The van der Waals surface area contributed by atoms with Crippen LogP contribution in [0.25, 0.3) is 10.9 Å². The van der Waals surface area contributed by atoms with E-state index in [0.717, 1.165) is 17.0 Å². The number of H-pyrrole nitrogens is 1. The lowest BCUT2D eigenvalue weighted by Crippen LogP contribution is -2.50. The summed E-state index contributed by atoms with van der Waals surface area (Å²) in [6.07, 6.45) is 1.59. The number of ether oxygens (including phenoxy) is 2. The first-order chi connectivity index (χ1) is 14.1. The number of Topliss-reactive ketones (excluding diaryl/α,β-unsaturated/α-hetero) is 1. The summed E-state index contributed by atoms with van der Waals surface area (Å²) < 4.78 is 10.7. The molecule has 0 aliphatic carbocycles. The quantitative estimate of drug-likeness (QED) is 0.533. The van der Waals surface area contributed by atoms with Gasteiger partial charge in [0.25, 0.3) is 11.7 Å². The number of hydrogen-bond acceptors (Lipinski definition) is 5. The highest BCUT2D eigenvalue weighted by molar-refractivity contribution is 6.44. The highest BCUT2D eigenvalue weighted by Gasteiger charge is 2.29. The molecule has 0 bridgehead atoms. The average Bonchev–Trinajstić information content (AvgIpc) is 3.21. The van der Waals surface area contributed by atoms with Crippen LogP contribution >= 0.6 is 0 Å². The molecule has 2 aromatic carbocycles. The van der Waals surface area contributed by atoms with E-state index >= 15 is 0 Å². The fourth-order valence-corrected chi connectivity index (χ4v) is 3.71. The Kier molecular flexibility index (Phi) is 5.12. The molecule has 2 heterocycles. The molecule has 0 unspecified atom stereocenters. The number of benzene rings is 2. The molecule has 0 spiro atoms. The van der Waals surface area contributed by atoms with Gasteiger partial charge in [-0.05, 0) is 30.3 Å². The Morgan fingerprint density at radius 3 is 2.45 bits per heavy atom. The van der Waals surface area contributed by atoms with Crippen molar-refractivity contribution >= 4 is 28.3 Å². The van der Waals surface area contributed by atoms with Crippen molar-refractivity contribution in [1.29, 1.82) is 0 Å². The Morgan fingerprint density at radius 1 is 0.966 bits per heavy atom. The van der Waals surface area contributed by atoms with E-state index in [4.69, 9.17) is 9.47 Å². The van der Waals surface area contributed by atoms with E-state index in [1.165, 1.54) is 0 Å². The van der Waals surface area contributed by atoms with Crippen molar-refractivity contribution in [3.8, 4) is 11.5 Å². The minimum Gasteiger partial charge on any atom is -0.497 e. The number of hydrogen-bond donors (Lipinski definition) is 1. The number of aromatic amines is 1. The zero-order valence-electron chi connectivity index (χ0n) is 16.5. The predicted molar refractivity (Wildman–Crippen MR) is 111 cm³/mol. The van der Waals surface area contributed by atoms with Crippen molar-refractivity contribution in [2.75, 3.05) is 45.3 Å². The summed E-state index contributed by atoms with van der Waals surface area (Å²) in [7, 11) is 3.22. The van der Waals surface area contributed by atoms with Crippen LogP contribution < -0.4 is 14.4 Å². The Bertz CT molecular complexity index is 1050. The summed E-state index contributed by atoms with van der Waals surface area (Å²) >= 11 is 0. The molecule has 7 nitrogen and oxygen atoms in total. The molecular formula is C22H23N3O4. The maximum atomic E-state index is 12.9. The van der Waals surface area contributed by atoms with Crippen LogP contribution in [0.5, 0.6) is 11.5 Å². The second-order valence-corrected chi connectivity index (χ2v) is 6.89. The largest absolute Gasteiger partial charge is 0.497 e. The summed E-state index contributed by atoms with van der Waals surface area (Å²) in [5.74, 6) is 0.462. The number of aromatic nitrogens is 1. The number of amides is 1. The second-order valence-electron chi connectivity index (χ2n) is 6.89. The molecular weight excluding hydrogens is 370 g/mol. The number of fused-ring (bicyclic) bond motifs is 1. The van der Waals surface area contributed by atoms with Crippen molar-refractivity contribution < 1.29 is 19.1 Å². The van der Waals surface area contributed by atoms with E-state index in [9.17, 15) is 9.59 Å². The fourth-order valence-electron chi connectivity index (χ4n) is 3.71. The first kappa shape index (κ1) is 18.9. The normalized spacial score (nSPS) is 14.1. The third-order valence-corrected chi connectivity index (χ3v) is 5.32. The fraction of sp³-hybridized carbons (Fsp3) is 0.273. The molecule has 0 saturated carbocycles. The van der Waals surface area contributed by atoms with Crippen molar-refractivity contribution in [2.24, 2.45) is 0 Å². The maximum Gasteiger partial charge on any atom is 0.295 e. The number of nitrogens with one attached hydrogen (secondary N) is 1. The SMILES string of the molecule is COc1ccc2[nH]cc(C(=O)C(=O)N3CCN(c4ccccc4OC)CC3)c2c1. The van der Waals surface area contributed by atoms with Gasteiger partial charge in [0.05, 0.1) is 25.5 Å². The van der Waals surface area contributed by atoms with Crippen molar-refractivity contribution in [3.05, 3.63) is 54.2 Å². The van der Waals surface area contributed by atoms with Gasteiger partial charge >= 0.3 is 0 Å². The molecule has 1 aliphatic rings. The predicted octanol–water partition coefficient (Wildman–Crippen LogP) is 2.72. The van der Waals surface area contributed by atoms with E-state index in [2.05, 4.69) is 9.88 Å². The molecule has 29 heavy (non-hydrogen) atoms. The molecule has 4 rings (SSSR count).